The van der Waals surface area contributed by atoms with E-state index in [-0.39, 0.29) is 11.8 Å². The number of rotatable bonds is 3. The van der Waals surface area contributed by atoms with Crippen molar-refractivity contribution in [3.8, 4) is 0 Å². The van der Waals surface area contributed by atoms with Gasteiger partial charge < -0.3 is 10.6 Å². The number of anilines is 1. The molecule has 96 valence electrons. The lowest BCUT2D eigenvalue weighted by atomic mass is 10.1. The van der Waals surface area contributed by atoms with E-state index >= 15 is 0 Å². The molecule has 2 fully saturated rings. The van der Waals surface area contributed by atoms with Gasteiger partial charge in [0.05, 0.1) is 5.92 Å². The van der Waals surface area contributed by atoms with Crippen LogP contribution in [0.3, 0.4) is 0 Å². The second-order valence-corrected chi connectivity index (χ2v) is 5.83. The molecule has 18 heavy (non-hydrogen) atoms. The van der Waals surface area contributed by atoms with E-state index in [0.29, 0.717) is 12.5 Å². The van der Waals surface area contributed by atoms with Gasteiger partial charge in [0.2, 0.25) is 5.91 Å². The number of primary amides is 1. The van der Waals surface area contributed by atoms with Crippen molar-refractivity contribution in [3.05, 3.63) is 16.5 Å². The molecule has 0 bridgehead atoms. The second kappa shape index (κ2) is 4.50. The van der Waals surface area contributed by atoms with Gasteiger partial charge in [-0.3, -0.25) is 4.79 Å². The number of carbonyl (C=O) groups is 1. The Kier molecular flexibility index (Phi) is 2.97. The molecular weight excluding hydrogens is 296 g/mol. The normalized spacial score (nSPS) is 23.4. The zero-order valence-electron chi connectivity index (χ0n) is 9.97. The van der Waals surface area contributed by atoms with Crippen LogP contribution in [0.5, 0.6) is 0 Å². The summed E-state index contributed by atoms with van der Waals surface area (Å²) in [4.78, 5) is 22.3. The molecule has 1 unspecified atom stereocenters. The maximum Gasteiger partial charge on any atom is 0.222 e. The van der Waals surface area contributed by atoms with Gasteiger partial charge >= 0.3 is 0 Å². The molecule has 1 aromatic heterocycles. The molecule has 6 heteroatoms. The minimum Gasteiger partial charge on any atom is -0.369 e. The number of amides is 1. The number of nitrogens with two attached hydrogens (primary N) is 1. The Bertz CT molecular complexity index is 489. The highest BCUT2D eigenvalue weighted by molar-refractivity contribution is 9.10. The fourth-order valence-corrected chi connectivity index (χ4v) is 2.70. The van der Waals surface area contributed by atoms with Crippen LogP contribution in [0.2, 0.25) is 0 Å². The molecule has 0 spiro atoms. The molecule has 3 rings (SSSR count). The Balaban J connectivity index is 1.81. The molecule has 2 heterocycles. The van der Waals surface area contributed by atoms with Crippen LogP contribution in [-0.4, -0.2) is 29.0 Å². The fourth-order valence-electron chi connectivity index (χ4n) is 2.31. The van der Waals surface area contributed by atoms with Gasteiger partial charge in [0.1, 0.15) is 16.2 Å². The Labute approximate surface area is 114 Å². The van der Waals surface area contributed by atoms with Crippen molar-refractivity contribution in [1.82, 2.24) is 9.97 Å². The first-order chi connectivity index (χ1) is 8.63. The number of nitrogens with zero attached hydrogens (tertiary/aromatic N) is 3. The maximum absolute atomic E-state index is 11.2. The van der Waals surface area contributed by atoms with E-state index in [9.17, 15) is 4.79 Å². The third-order valence-electron chi connectivity index (χ3n) is 3.56. The highest BCUT2D eigenvalue weighted by Gasteiger charge is 2.30. The van der Waals surface area contributed by atoms with E-state index in [2.05, 4.69) is 30.8 Å². The van der Waals surface area contributed by atoms with Crippen molar-refractivity contribution < 1.29 is 4.79 Å². The van der Waals surface area contributed by atoms with Crippen molar-refractivity contribution in [2.45, 2.75) is 25.2 Å². The van der Waals surface area contributed by atoms with Gasteiger partial charge in [-0.1, -0.05) is 0 Å². The molecule has 2 N–H and O–H groups in total. The molecule has 1 aliphatic carbocycles. The molecule has 1 saturated heterocycles. The Morgan fingerprint density at radius 3 is 2.78 bits per heavy atom. The lowest BCUT2D eigenvalue weighted by molar-refractivity contribution is -0.121. The summed E-state index contributed by atoms with van der Waals surface area (Å²) >= 11 is 3.43. The minimum atomic E-state index is -0.215. The molecule has 1 aromatic rings. The number of aromatic nitrogens is 2. The number of hydrogen-bond donors (Lipinski definition) is 1. The first-order valence-corrected chi connectivity index (χ1v) is 7.01. The summed E-state index contributed by atoms with van der Waals surface area (Å²) in [6.07, 6.45) is 3.18. The predicted octanol–water partition coefficient (Wildman–Crippen LogP) is 1.43. The van der Waals surface area contributed by atoms with Gasteiger partial charge in [0.25, 0.3) is 0 Å². The number of hydrogen-bond acceptors (Lipinski definition) is 4. The summed E-state index contributed by atoms with van der Waals surface area (Å²) in [5, 5.41) is 0. The first-order valence-electron chi connectivity index (χ1n) is 6.22. The van der Waals surface area contributed by atoms with E-state index in [1.807, 2.05) is 6.07 Å². The monoisotopic (exact) mass is 310 g/mol. The molecular formula is C12H15BrN4O. The summed E-state index contributed by atoms with van der Waals surface area (Å²) in [5.74, 6) is 2.08. The van der Waals surface area contributed by atoms with Gasteiger partial charge in [-0.25, -0.2) is 9.97 Å². The molecule has 1 saturated carbocycles. The summed E-state index contributed by atoms with van der Waals surface area (Å²) in [6, 6.07) is 1.91. The lowest BCUT2D eigenvalue weighted by Gasteiger charge is -2.17. The summed E-state index contributed by atoms with van der Waals surface area (Å²) in [7, 11) is 0. The van der Waals surface area contributed by atoms with E-state index in [1.54, 1.807) is 0 Å². The number of carbonyl (C=O) groups excluding carboxylic acids is 1. The van der Waals surface area contributed by atoms with Crippen LogP contribution >= 0.6 is 15.9 Å². The molecule has 1 aliphatic heterocycles. The Morgan fingerprint density at radius 1 is 1.39 bits per heavy atom. The molecule has 1 atom stereocenters. The van der Waals surface area contributed by atoms with Crippen LogP contribution < -0.4 is 10.6 Å². The van der Waals surface area contributed by atoms with E-state index in [4.69, 9.17) is 5.73 Å². The van der Waals surface area contributed by atoms with Crippen molar-refractivity contribution in [2.75, 3.05) is 18.0 Å². The van der Waals surface area contributed by atoms with E-state index in [1.165, 1.54) is 12.8 Å². The Hall–Kier alpha value is -1.17. The van der Waals surface area contributed by atoms with Crippen molar-refractivity contribution in [1.29, 1.82) is 0 Å². The van der Waals surface area contributed by atoms with Crippen LogP contribution in [0, 0.1) is 5.92 Å². The number of halogens is 1. The zero-order valence-corrected chi connectivity index (χ0v) is 11.6. The average Bonchev–Trinajstić information content (AvgIpc) is 3.05. The van der Waals surface area contributed by atoms with Gasteiger partial charge in [0, 0.05) is 25.1 Å². The third kappa shape index (κ3) is 2.34. The SMILES string of the molecule is NC(=O)C1CCN(c2cc(Br)nc(C3CC3)n2)C1. The minimum absolute atomic E-state index is 0.0527. The zero-order chi connectivity index (χ0) is 12.7. The van der Waals surface area contributed by atoms with Crippen molar-refractivity contribution in [3.63, 3.8) is 0 Å². The van der Waals surface area contributed by atoms with Crippen LogP contribution in [0.15, 0.2) is 10.7 Å². The Morgan fingerprint density at radius 2 is 2.17 bits per heavy atom. The quantitative estimate of drug-likeness (QED) is 0.857. The lowest BCUT2D eigenvalue weighted by Crippen LogP contribution is -2.27. The van der Waals surface area contributed by atoms with Crippen LogP contribution in [0.1, 0.15) is 31.0 Å². The predicted molar refractivity (Wildman–Crippen MR) is 71.2 cm³/mol. The van der Waals surface area contributed by atoms with Gasteiger partial charge in [-0.05, 0) is 35.2 Å². The summed E-state index contributed by atoms with van der Waals surface area (Å²) in [6.45, 7) is 1.50. The summed E-state index contributed by atoms with van der Waals surface area (Å²) < 4.78 is 0.817. The summed E-state index contributed by atoms with van der Waals surface area (Å²) in [5.41, 5.74) is 5.35. The first kappa shape index (κ1) is 11.9. The van der Waals surface area contributed by atoms with Crippen LogP contribution in [-0.2, 0) is 4.79 Å². The van der Waals surface area contributed by atoms with Crippen molar-refractivity contribution >= 4 is 27.7 Å². The highest BCUT2D eigenvalue weighted by atomic mass is 79.9. The standard InChI is InChI=1S/C12H15BrN4O/c13-9-5-10(16-12(15-9)7-1-2-7)17-4-3-8(6-17)11(14)18/h5,7-8H,1-4,6H2,(H2,14,18). The fraction of sp³-hybridized carbons (Fsp3) is 0.583. The molecule has 2 aliphatic rings. The van der Waals surface area contributed by atoms with Crippen LogP contribution in [0.4, 0.5) is 5.82 Å². The second-order valence-electron chi connectivity index (χ2n) is 5.02. The molecule has 0 aromatic carbocycles. The smallest absolute Gasteiger partial charge is 0.222 e. The van der Waals surface area contributed by atoms with E-state index in [0.717, 1.165) is 29.2 Å². The van der Waals surface area contributed by atoms with Gasteiger partial charge in [-0.15, -0.1) is 0 Å². The molecule has 0 radical (unpaired) electrons. The maximum atomic E-state index is 11.2. The molecule has 5 nitrogen and oxygen atoms in total. The topological polar surface area (TPSA) is 72.1 Å². The van der Waals surface area contributed by atoms with Gasteiger partial charge in [-0.2, -0.15) is 0 Å². The van der Waals surface area contributed by atoms with Gasteiger partial charge in [0.15, 0.2) is 0 Å². The van der Waals surface area contributed by atoms with Crippen molar-refractivity contribution in [2.24, 2.45) is 11.7 Å². The third-order valence-corrected chi connectivity index (χ3v) is 3.96. The highest BCUT2D eigenvalue weighted by Crippen LogP contribution is 2.39. The van der Waals surface area contributed by atoms with E-state index < -0.39 is 0 Å². The largest absolute Gasteiger partial charge is 0.369 e. The van der Waals surface area contributed by atoms with Crippen LogP contribution in [0.25, 0.3) is 0 Å². The average molecular weight is 311 g/mol. The molecule has 1 amide bonds.